The first-order chi connectivity index (χ1) is 10.6. The van der Waals surface area contributed by atoms with Crippen LogP contribution in [0.15, 0.2) is 46.9 Å². The molecule has 22 heavy (non-hydrogen) atoms. The van der Waals surface area contributed by atoms with Gasteiger partial charge in [0.15, 0.2) is 6.61 Å². The van der Waals surface area contributed by atoms with Gasteiger partial charge in [0, 0.05) is 4.47 Å². The van der Waals surface area contributed by atoms with Gasteiger partial charge in [-0.2, -0.15) is 0 Å². The molecule has 2 aromatic rings. The first kappa shape index (κ1) is 16.6. The summed E-state index contributed by atoms with van der Waals surface area (Å²) >= 11 is 3.47. The van der Waals surface area contributed by atoms with Crippen LogP contribution in [0.5, 0.6) is 5.75 Å². The Morgan fingerprint density at radius 3 is 2.27 bits per heavy atom. The molecule has 0 fully saturated rings. The van der Waals surface area contributed by atoms with Gasteiger partial charge in [-0.3, -0.25) is 4.79 Å². The predicted molar refractivity (Wildman–Crippen MR) is 93.5 cm³/mol. The van der Waals surface area contributed by atoms with E-state index in [1.807, 2.05) is 42.5 Å². The first-order valence-corrected chi connectivity index (χ1v) is 8.21. The number of amides is 1. The lowest BCUT2D eigenvalue weighted by Crippen LogP contribution is -2.20. The van der Waals surface area contributed by atoms with E-state index in [9.17, 15) is 4.79 Å². The molecule has 0 aromatic heterocycles. The van der Waals surface area contributed by atoms with Crippen molar-refractivity contribution < 1.29 is 9.53 Å². The molecule has 1 amide bonds. The highest BCUT2D eigenvalue weighted by Crippen LogP contribution is 2.24. The molecule has 116 valence electrons. The molecule has 0 spiro atoms. The molecule has 1 N–H and O–H groups in total. The summed E-state index contributed by atoms with van der Waals surface area (Å²) in [4.78, 5) is 12.0. The molecule has 0 radical (unpaired) electrons. The molecule has 0 saturated carbocycles. The van der Waals surface area contributed by atoms with Crippen molar-refractivity contribution in [1.82, 2.24) is 0 Å². The molecule has 0 atom stereocenters. The quantitative estimate of drug-likeness (QED) is 0.816. The summed E-state index contributed by atoms with van der Waals surface area (Å²) in [6, 6.07) is 13.7. The van der Waals surface area contributed by atoms with Crippen LogP contribution in [-0.4, -0.2) is 12.5 Å². The van der Waals surface area contributed by atoms with Crippen LogP contribution in [-0.2, 0) is 17.6 Å². The Morgan fingerprint density at radius 1 is 1.05 bits per heavy atom. The van der Waals surface area contributed by atoms with Crippen molar-refractivity contribution in [3.05, 3.63) is 58.1 Å². The molecule has 0 heterocycles. The lowest BCUT2D eigenvalue weighted by Gasteiger charge is -2.10. The normalized spacial score (nSPS) is 10.3. The molecule has 0 bridgehead atoms. The van der Waals surface area contributed by atoms with Crippen LogP contribution in [0.1, 0.15) is 25.0 Å². The fraction of sp³-hybridized carbons (Fsp3) is 0.278. The van der Waals surface area contributed by atoms with E-state index in [-0.39, 0.29) is 12.5 Å². The number of carbonyl (C=O) groups is 1. The maximum Gasteiger partial charge on any atom is 0.262 e. The molecule has 2 rings (SSSR count). The number of anilines is 1. The highest BCUT2D eigenvalue weighted by Gasteiger charge is 2.07. The number of hydrogen-bond acceptors (Lipinski definition) is 2. The summed E-state index contributed by atoms with van der Waals surface area (Å²) in [7, 11) is 0. The largest absolute Gasteiger partial charge is 0.484 e. The second-order valence-corrected chi connectivity index (χ2v) is 5.86. The van der Waals surface area contributed by atoms with E-state index in [0.29, 0.717) is 5.75 Å². The second-order valence-electron chi connectivity index (χ2n) is 5.00. The van der Waals surface area contributed by atoms with E-state index in [1.165, 1.54) is 11.1 Å². The van der Waals surface area contributed by atoms with E-state index in [1.54, 1.807) is 0 Å². The highest BCUT2D eigenvalue weighted by atomic mass is 79.9. The highest BCUT2D eigenvalue weighted by molar-refractivity contribution is 9.10. The summed E-state index contributed by atoms with van der Waals surface area (Å²) < 4.78 is 6.38. The SMILES string of the molecule is CCc1ccc(OCC(=O)Nc2ccc(CC)cc2Br)cc1. The third-order valence-electron chi connectivity index (χ3n) is 3.42. The Hall–Kier alpha value is -1.81. The van der Waals surface area contributed by atoms with Gasteiger partial charge >= 0.3 is 0 Å². The maximum atomic E-state index is 12.0. The number of benzene rings is 2. The molecule has 0 aliphatic carbocycles. The number of ether oxygens (including phenoxy) is 1. The average molecular weight is 362 g/mol. The molecule has 0 aliphatic rings. The van der Waals surface area contributed by atoms with Gasteiger partial charge in [-0.15, -0.1) is 0 Å². The Morgan fingerprint density at radius 2 is 1.68 bits per heavy atom. The van der Waals surface area contributed by atoms with Gasteiger partial charge < -0.3 is 10.1 Å². The number of nitrogens with one attached hydrogen (secondary N) is 1. The molecule has 2 aromatic carbocycles. The van der Waals surface area contributed by atoms with Crippen molar-refractivity contribution in [3.63, 3.8) is 0 Å². The van der Waals surface area contributed by atoms with Crippen molar-refractivity contribution >= 4 is 27.5 Å². The predicted octanol–water partition coefficient (Wildman–Crippen LogP) is 4.59. The van der Waals surface area contributed by atoms with Gasteiger partial charge in [0.2, 0.25) is 0 Å². The van der Waals surface area contributed by atoms with Crippen LogP contribution in [0.25, 0.3) is 0 Å². The minimum Gasteiger partial charge on any atom is -0.484 e. The van der Waals surface area contributed by atoms with Gasteiger partial charge in [-0.05, 0) is 64.2 Å². The summed E-state index contributed by atoms with van der Waals surface area (Å²) in [5.41, 5.74) is 3.22. The van der Waals surface area contributed by atoms with Crippen molar-refractivity contribution in [2.45, 2.75) is 26.7 Å². The Bertz CT molecular complexity index is 638. The van der Waals surface area contributed by atoms with E-state index in [4.69, 9.17) is 4.74 Å². The van der Waals surface area contributed by atoms with Gasteiger partial charge in [0.1, 0.15) is 5.75 Å². The number of aryl methyl sites for hydroxylation is 2. The van der Waals surface area contributed by atoms with Crippen LogP contribution in [0, 0.1) is 0 Å². The summed E-state index contributed by atoms with van der Waals surface area (Å²) in [5.74, 6) is 0.525. The topological polar surface area (TPSA) is 38.3 Å². The minimum atomic E-state index is -0.176. The number of halogens is 1. The van der Waals surface area contributed by atoms with Crippen molar-refractivity contribution in [2.24, 2.45) is 0 Å². The Labute approximate surface area is 139 Å². The monoisotopic (exact) mass is 361 g/mol. The van der Waals surface area contributed by atoms with E-state index in [2.05, 4.69) is 35.1 Å². The molecule has 4 heteroatoms. The summed E-state index contributed by atoms with van der Waals surface area (Å²) in [6.45, 7) is 4.19. The van der Waals surface area contributed by atoms with Gasteiger partial charge in [-0.1, -0.05) is 32.0 Å². The van der Waals surface area contributed by atoms with Crippen LogP contribution in [0.3, 0.4) is 0 Å². The van der Waals surface area contributed by atoms with Crippen molar-refractivity contribution in [3.8, 4) is 5.75 Å². The summed E-state index contributed by atoms with van der Waals surface area (Å²) in [5, 5.41) is 2.84. The van der Waals surface area contributed by atoms with Crippen LogP contribution < -0.4 is 10.1 Å². The van der Waals surface area contributed by atoms with Gasteiger partial charge in [0.05, 0.1) is 5.69 Å². The lowest BCUT2D eigenvalue weighted by molar-refractivity contribution is -0.118. The Kier molecular flexibility index (Phi) is 6.01. The van der Waals surface area contributed by atoms with Crippen molar-refractivity contribution in [1.29, 1.82) is 0 Å². The second kappa shape index (κ2) is 7.99. The lowest BCUT2D eigenvalue weighted by atomic mass is 10.1. The van der Waals surface area contributed by atoms with Crippen LogP contribution in [0.2, 0.25) is 0 Å². The first-order valence-electron chi connectivity index (χ1n) is 7.42. The van der Waals surface area contributed by atoms with Crippen LogP contribution >= 0.6 is 15.9 Å². The number of hydrogen-bond donors (Lipinski definition) is 1. The molecular weight excluding hydrogens is 342 g/mol. The van der Waals surface area contributed by atoms with Gasteiger partial charge in [-0.25, -0.2) is 0 Å². The Balaban J connectivity index is 1.89. The third-order valence-corrected chi connectivity index (χ3v) is 4.07. The zero-order chi connectivity index (χ0) is 15.9. The molecule has 0 unspecified atom stereocenters. The van der Waals surface area contributed by atoms with Crippen LogP contribution in [0.4, 0.5) is 5.69 Å². The fourth-order valence-corrected chi connectivity index (χ4v) is 2.56. The minimum absolute atomic E-state index is 0.00651. The fourth-order valence-electron chi connectivity index (χ4n) is 2.04. The molecular formula is C18H20BrNO2. The standard InChI is InChI=1S/C18H20BrNO2/c1-3-13-5-8-15(9-6-13)22-12-18(21)20-17-10-7-14(4-2)11-16(17)19/h5-11H,3-4,12H2,1-2H3,(H,20,21). The smallest absolute Gasteiger partial charge is 0.262 e. The zero-order valence-corrected chi connectivity index (χ0v) is 14.4. The molecule has 3 nitrogen and oxygen atoms in total. The van der Waals surface area contributed by atoms with Crippen molar-refractivity contribution in [2.75, 3.05) is 11.9 Å². The number of rotatable bonds is 6. The van der Waals surface area contributed by atoms with E-state index in [0.717, 1.165) is 23.0 Å². The summed E-state index contributed by atoms with van der Waals surface area (Å²) in [6.07, 6.45) is 1.95. The van der Waals surface area contributed by atoms with E-state index < -0.39 is 0 Å². The number of carbonyl (C=O) groups excluding carboxylic acids is 1. The molecule has 0 aliphatic heterocycles. The van der Waals surface area contributed by atoms with E-state index >= 15 is 0 Å². The molecule has 0 saturated heterocycles. The third kappa shape index (κ3) is 4.60. The average Bonchev–Trinajstić information content (AvgIpc) is 2.55. The van der Waals surface area contributed by atoms with Gasteiger partial charge in [0.25, 0.3) is 5.91 Å². The zero-order valence-electron chi connectivity index (χ0n) is 12.9. The maximum absolute atomic E-state index is 12.0.